The summed E-state index contributed by atoms with van der Waals surface area (Å²) < 4.78 is 29.9. The number of hydrogen-bond acceptors (Lipinski definition) is 23. The van der Waals surface area contributed by atoms with Crippen molar-refractivity contribution in [3.8, 4) is 0 Å². The van der Waals surface area contributed by atoms with Crippen molar-refractivity contribution in [1.82, 2.24) is 0 Å². The zero-order valence-electron chi connectivity index (χ0n) is 57.7. The highest BCUT2D eigenvalue weighted by Crippen LogP contribution is 2.79. The summed E-state index contributed by atoms with van der Waals surface area (Å²) in [5, 5.41) is 171. The van der Waals surface area contributed by atoms with Crippen LogP contribution in [-0.2, 0) is 42.9 Å². The van der Waals surface area contributed by atoms with E-state index in [2.05, 4.69) is 33.8 Å². The van der Waals surface area contributed by atoms with Crippen LogP contribution in [0, 0.1) is 101 Å². The summed E-state index contributed by atoms with van der Waals surface area (Å²) in [6.07, 6.45) is -14.6. The zero-order chi connectivity index (χ0) is 70.6. The van der Waals surface area contributed by atoms with E-state index in [4.69, 9.17) is 23.7 Å². The molecule has 2 aliphatic heterocycles. The van der Waals surface area contributed by atoms with Gasteiger partial charge in [-0.25, -0.2) is 0 Å². The Morgan fingerprint density at radius 3 is 1.30 bits per heavy atom. The number of aliphatic carboxylic acids is 1. The molecule has 96 heavy (non-hydrogen) atoms. The minimum absolute atomic E-state index is 0.0617. The number of carbonyl (C=O) groups excluding carboxylic acids is 3. The monoisotopic (exact) mass is 1360 g/mol. The topological polar surface area (TPSA) is 418 Å². The first-order valence-electron chi connectivity index (χ1n) is 35.6. The second kappa shape index (κ2) is 23.6. The van der Waals surface area contributed by atoms with Crippen LogP contribution < -0.4 is 0 Å². The molecule has 24 heteroatoms. The third-order valence-corrected chi connectivity index (χ3v) is 31.4. The number of fused-ring (bicyclic) bond motifs is 14. The quantitative estimate of drug-likeness (QED) is 0.0848. The first kappa shape index (κ1) is 72.5. The highest BCUT2D eigenvalue weighted by molar-refractivity contribution is 5.82. The highest BCUT2D eigenvalue weighted by Gasteiger charge is 2.78. The molecule has 0 aromatic rings. The summed E-state index contributed by atoms with van der Waals surface area (Å²) in [7, 11) is 0. The second-order valence-corrected chi connectivity index (χ2v) is 34.9. The maximum atomic E-state index is 15.9. The van der Waals surface area contributed by atoms with E-state index in [1.165, 1.54) is 0 Å². The number of hydrogen-bond donors (Lipinski definition) is 15. The van der Waals surface area contributed by atoms with E-state index in [1.807, 2.05) is 33.8 Å². The predicted molar refractivity (Wildman–Crippen MR) is 337 cm³/mol. The Labute approximate surface area is 561 Å². The highest BCUT2D eigenvalue weighted by atomic mass is 16.7. The molecular formula is C72H110O24. The third-order valence-electron chi connectivity index (χ3n) is 31.4. The van der Waals surface area contributed by atoms with E-state index in [1.54, 1.807) is 20.8 Å². The van der Waals surface area contributed by atoms with Crippen molar-refractivity contribution in [1.29, 1.82) is 0 Å². The lowest BCUT2D eigenvalue weighted by Gasteiger charge is -2.72. The van der Waals surface area contributed by atoms with E-state index in [0.717, 1.165) is 11.1 Å². The maximum Gasteiger partial charge on any atom is 0.316 e. The average molecular weight is 1360 g/mol. The molecule has 0 spiro atoms. The lowest BCUT2D eigenvalue weighted by Crippen LogP contribution is -2.73. The van der Waals surface area contributed by atoms with Crippen molar-refractivity contribution in [3.05, 3.63) is 23.3 Å². The molecule has 10 aliphatic carbocycles. The molecule has 0 bridgehead atoms. The van der Waals surface area contributed by atoms with Crippen molar-refractivity contribution in [2.75, 3.05) is 19.8 Å². The number of carbonyl (C=O) groups is 4. The zero-order valence-corrected chi connectivity index (χ0v) is 57.7. The number of rotatable bonds is 10. The van der Waals surface area contributed by atoms with Crippen LogP contribution in [0.5, 0.6) is 0 Å². The fourth-order valence-electron chi connectivity index (χ4n) is 25.1. The number of ether oxygens (including phenoxy) is 5. The summed E-state index contributed by atoms with van der Waals surface area (Å²) >= 11 is 0. The molecule has 0 aromatic heterocycles. The Bertz CT molecular complexity index is 3130. The molecule has 0 amide bonds. The first-order chi connectivity index (χ1) is 44.6. The largest absolute Gasteiger partial charge is 0.481 e. The van der Waals surface area contributed by atoms with Gasteiger partial charge in [0.05, 0.1) is 65.6 Å². The standard InChI is InChI=1S/C72H110O24/c1-33-16-22-70(59(88)95-55-49(82)47(80)45(78)39(30-73)92-55)26-24-63(5)35(51(70)68(33,10)90)12-14-41-61(3)28-37(76)53(84)67(9,43(61)18-20-65(41,63)7)58(87)94-54-38(77)29-62(4)42-15-13-36-52-69(11,91)34(2)17-23-71(52,60(89)96-56-50(83)48(81)46(79)40(31-74)93-56)27-25-64(36,6)66(42,8)21-19-44(62)72(54,32-75)57(85)86/h12-13,33-34,37-56,73-84,90-91H,14-32H2,1-11H3,(H,85,86)/t33-,34-,37-,38-,39-,40-,41?,42?,43?,44?,45-,46-,47+,48+,49-,50-,51-,52-,53+,54+,55+,56+,61-,62-,63-,64-,65-,66-,67+,68-,69-,70+,71+,72-/m1/s1. The molecular weight excluding hydrogens is 1250 g/mol. The van der Waals surface area contributed by atoms with Gasteiger partial charge < -0.3 is 100 Å². The number of carboxylic acid groups (broad SMARTS) is 1. The molecule has 542 valence electrons. The van der Waals surface area contributed by atoms with Crippen molar-refractivity contribution in [2.45, 2.75) is 276 Å². The van der Waals surface area contributed by atoms with Gasteiger partial charge in [0.25, 0.3) is 0 Å². The van der Waals surface area contributed by atoms with Gasteiger partial charge in [0, 0.05) is 11.8 Å². The number of carboxylic acids is 1. The summed E-state index contributed by atoms with van der Waals surface area (Å²) in [6.45, 7) is 18.9. The molecule has 24 nitrogen and oxygen atoms in total. The Kier molecular flexibility index (Phi) is 17.8. The molecule has 0 radical (unpaired) electrons. The summed E-state index contributed by atoms with van der Waals surface area (Å²) in [4.78, 5) is 60.4. The minimum atomic E-state index is -2.29. The number of esters is 3. The molecule has 8 saturated carbocycles. The molecule has 2 saturated heterocycles. The molecule has 12 rings (SSSR count). The van der Waals surface area contributed by atoms with Crippen LogP contribution >= 0.6 is 0 Å². The molecule has 2 heterocycles. The minimum Gasteiger partial charge on any atom is -0.481 e. The van der Waals surface area contributed by atoms with Gasteiger partial charge >= 0.3 is 23.9 Å². The van der Waals surface area contributed by atoms with Crippen LogP contribution in [0.4, 0.5) is 0 Å². The summed E-state index contributed by atoms with van der Waals surface area (Å²) in [6, 6.07) is 0. The van der Waals surface area contributed by atoms with E-state index < -0.39 is 219 Å². The van der Waals surface area contributed by atoms with Crippen LogP contribution in [0.1, 0.15) is 179 Å². The van der Waals surface area contributed by atoms with Gasteiger partial charge in [0.1, 0.15) is 60.4 Å². The lowest BCUT2D eigenvalue weighted by molar-refractivity contribution is -0.299. The molecule has 4 unspecified atom stereocenters. The van der Waals surface area contributed by atoms with Crippen LogP contribution in [0.3, 0.4) is 0 Å². The van der Waals surface area contributed by atoms with Gasteiger partial charge in [-0.15, -0.1) is 0 Å². The van der Waals surface area contributed by atoms with E-state index in [0.29, 0.717) is 70.6 Å². The van der Waals surface area contributed by atoms with Crippen LogP contribution in [0.2, 0.25) is 0 Å². The van der Waals surface area contributed by atoms with Crippen LogP contribution in [0.15, 0.2) is 23.3 Å². The lowest BCUT2D eigenvalue weighted by atomic mass is 9.32. The van der Waals surface area contributed by atoms with Gasteiger partial charge in [-0.3, -0.25) is 19.2 Å². The predicted octanol–water partition coefficient (Wildman–Crippen LogP) is 2.45. The summed E-state index contributed by atoms with van der Waals surface area (Å²) in [5.41, 5.74) is -13.0. The van der Waals surface area contributed by atoms with E-state index in [9.17, 15) is 81.4 Å². The number of aliphatic hydroxyl groups is 14. The molecule has 15 N–H and O–H groups in total. The Hall–Kier alpha value is -3.28. The van der Waals surface area contributed by atoms with Crippen molar-refractivity contribution < 1.29 is 119 Å². The Morgan fingerprint density at radius 1 is 0.490 bits per heavy atom. The van der Waals surface area contributed by atoms with Crippen LogP contribution in [-0.4, -0.2) is 217 Å². The van der Waals surface area contributed by atoms with Gasteiger partial charge in [0.2, 0.25) is 12.6 Å². The van der Waals surface area contributed by atoms with Gasteiger partial charge in [0.15, 0.2) is 0 Å². The SMILES string of the molecule is C[C@@H]1CC[C@]2(C(=O)O[C@@H]3O[C@H](CO)[C@@H](O)[C@H](O)[C@H]3O)CC[C@]3(C)C(=CCC4[C@@]5(C)C[C@@H](O)[C@H](O)[C@@](C)(C(=O)O[C@H]6[C@H](O)C[C@@]7(C)C(CC[C@]8(C)C7CC=C7[C@H]9[C@](C(=O)O[C@@H]%10O[C@H](CO)[C@@H](O)[C@H](O)[C@H]%10O)(CC[C@@H](C)[C@@]9(C)O)CC[C@]78C)[C@@]6(CO)C(=O)O)C5CC[C@]43C)[C@@H]2[C@]1(C)O. The van der Waals surface area contributed by atoms with Crippen molar-refractivity contribution >= 4 is 23.9 Å². The number of allylic oxidation sites excluding steroid dienone is 2. The maximum absolute atomic E-state index is 15.9. The van der Waals surface area contributed by atoms with Crippen LogP contribution in [0.25, 0.3) is 0 Å². The Morgan fingerprint density at radius 2 is 0.896 bits per heavy atom. The fourth-order valence-corrected chi connectivity index (χ4v) is 25.1. The van der Waals surface area contributed by atoms with E-state index in [-0.39, 0.29) is 55.8 Å². The van der Waals surface area contributed by atoms with Gasteiger partial charge in [-0.1, -0.05) is 78.7 Å². The molecule has 10 fully saturated rings. The molecule has 12 aliphatic rings. The van der Waals surface area contributed by atoms with E-state index >= 15 is 14.4 Å². The second-order valence-electron chi connectivity index (χ2n) is 34.9. The molecule has 0 aromatic carbocycles. The smallest absolute Gasteiger partial charge is 0.316 e. The summed E-state index contributed by atoms with van der Waals surface area (Å²) in [5.74, 6) is -8.56. The normalized spacial score (nSPS) is 56.6. The Balaban J connectivity index is 0.835. The van der Waals surface area contributed by atoms with Crippen molar-refractivity contribution in [2.24, 2.45) is 101 Å². The van der Waals surface area contributed by atoms with Gasteiger partial charge in [-0.2, -0.15) is 0 Å². The third kappa shape index (κ3) is 9.33. The average Bonchev–Trinajstić information content (AvgIpc) is 0.672. The fraction of sp³-hybridized carbons (Fsp3) is 0.889. The molecule has 34 atom stereocenters. The van der Waals surface area contributed by atoms with Gasteiger partial charge in [-0.05, 0) is 192 Å². The first-order valence-corrected chi connectivity index (χ1v) is 35.6. The van der Waals surface area contributed by atoms with Crippen molar-refractivity contribution in [3.63, 3.8) is 0 Å². The number of aliphatic hydroxyl groups excluding tert-OH is 12.